The van der Waals surface area contributed by atoms with Gasteiger partial charge in [0, 0.05) is 56.5 Å². The number of fused-ring (bicyclic) bond motifs is 3. The van der Waals surface area contributed by atoms with Crippen molar-refractivity contribution in [1.82, 2.24) is 9.97 Å². The maximum Gasteiger partial charge on any atom is 0.0978 e. The van der Waals surface area contributed by atoms with Crippen LogP contribution in [-0.2, 0) is 0 Å². The third-order valence-corrected chi connectivity index (χ3v) is 7.25. The van der Waals surface area contributed by atoms with Crippen molar-refractivity contribution in [2.45, 2.75) is 0 Å². The number of hydrogen-bond donors (Lipinski definition) is 0. The number of hydrogen-bond acceptors (Lipinski definition) is 2. The minimum absolute atomic E-state index is 0.741. The molecular weight excluding hydrogens is 556 g/mol. The first kappa shape index (κ1) is 28.0. The largest absolute Gasteiger partial charge is 0.253 e. The van der Waals surface area contributed by atoms with Gasteiger partial charge < -0.3 is 0 Å². The number of pyridine rings is 2. The molecule has 0 spiro atoms. The highest BCUT2D eigenvalue weighted by atomic mass is 14.7. The van der Waals surface area contributed by atoms with Gasteiger partial charge in [-0.05, 0) is 60.7 Å². The van der Waals surface area contributed by atoms with E-state index in [-0.39, 0.29) is 0 Å². The SMILES string of the molecule is C(#Cc1cnc2c(c1)c(C#Cc1ccccc1)c(C#Cc1ccccc1)c1cc(C#Cc3ccccc3)cnc12)c1ccccc1. The van der Waals surface area contributed by atoms with Crippen molar-refractivity contribution in [1.29, 1.82) is 0 Å². The minimum atomic E-state index is 0.741. The van der Waals surface area contributed by atoms with Gasteiger partial charge in [0.15, 0.2) is 0 Å². The highest BCUT2D eigenvalue weighted by Gasteiger charge is 2.16. The van der Waals surface area contributed by atoms with E-state index >= 15 is 0 Å². The zero-order valence-corrected chi connectivity index (χ0v) is 24.8. The van der Waals surface area contributed by atoms with E-state index in [4.69, 9.17) is 9.97 Å². The number of nitrogens with zero attached hydrogens (tertiary/aromatic N) is 2. The van der Waals surface area contributed by atoms with Crippen LogP contribution in [0.5, 0.6) is 0 Å². The molecule has 0 aliphatic heterocycles. The highest BCUT2D eigenvalue weighted by Crippen LogP contribution is 2.31. The quantitative estimate of drug-likeness (QED) is 0.133. The van der Waals surface area contributed by atoms with E-state index < -0.39 is 0 Å². The molecule has 0 saturated carbocycles. The van der Waals surface area contributed by atoms with Crippen LogP contribution >= 0.6 is 0 Å². The summed E-state index contributed by atoms with van der Waals surface area (Å²) < 4.78 is 0. The van der Waals surface area contributed by atoms with E-state index in [0.717, 1.165) is 66.3 Å². The van der Waals surface area contributed by atoms with Crippen LogP contribution < -0.4 is 0 Å². The summed E-state index contributed by atoms with van der Waals surface area (Å²) in [5.41, 5.74) is 8.29. The summed E-state index contributed by atoms with van der Waals surface area (Å²) in [5.74, 6) is 26.8. The lowest BCUT2D eigenvalue weighted by atomic mass is 9.94. The van der Waals surface area contributed by atoms with Gasteiger partial charge in [-0.1, -0.05) is 120 Å². The Labute approximate surface area is 268 Å². The molecule has 0 bridgehead atoms. The van der Waals surface area contributed by atoms with E-state index in [1.54, 1.807) is 12.4 Å². The van der Waals surface area contributed by atoms with Gasteiger partial charge in [-0.2, -0.15) is 0 Å². The summed E-state index contributed by atoms with van der Waals surface area (Å²) in [7, 11) is 0. The van der Waals surface area contributed by atoms with Crippen LogP contribution in [0.2, 0.25) is 0 Å². The van der Waals surface area contributed by atoms with Crippen molar-refractivity contribution in [2.24, 2.45) is 0 Å². The summed E-state index contributed by atoms with van der Waals surface area (Å²) in [4.78, 5) is 9.81. The Bertz CT molecular complexity index is 2280. The maximum absolute atomic E-state index is 4.90. The first-order valence-electron chi connectivity index (χ1n) is 14.8. The van der Waals surface area contributed by atoms with Crippen LogP contribution in [-0.4, -0.2) is 9.97 Å². The molecule has 2 nitrogen and oxygen atoms in total. The molecule has 0 aliphatic carbocycles. The summed E-state index contributed by atoms with van der Waals surface area (Å²) in [5, 5.41) is 1.70. The predicted octanol–water partition coefficient (Wildman–Crippen LogP) is 8.38. The van der Waals surface area contributed by atoms with Crippen molar-refractivity contribution in [3.8, 4) is 47.4 Å². The monoisotopic (exact) mass is 580 g/mol. The first-order chi connectivity index (χ1) is 22.8. The smallest absolute Gasteiger partial charge is 0.0978 e. The minimum Gasteiger partial charge on any atom is -0.253 e. The van der Waals surface area contributed by atoms with Crippen molar-refractivity contribution >= 4 is 21.8 Å². The normalized spacial score (nSPS) is 9.91. The van der Waals surface area contributed by atoms with Crippen LogP contribution in [0, 0.1) is 47.4 Å². The molecule has 7 rings (SSSR count). The molecule has 5 aromatic carbocycles. The number of aromatic nitrogens is 2. The molecule has 0 N–H and O–H groups in total. The Morgan fingerprint density at radius 1 is 0.304 bits per heavy atom. The summed E-state index contributed by atoms with van der Waals surface area (Å²) in [6.07, 6.45) is 3.60. The third-order valence-electron chi connectivity index (χ3n) is 7.25. The van der Waals surface area contributed by atoms with Crippen molar-refractivity contribution in [3.63, 3.8) is 0 Å². The molecule has 2 heterocycles. The van der Waals surface area contributed by atoms with Crippen LogP contribution in [0.4, 0.5) is 0 Å². The Morgan fingerprint density at radius 2 is 0.587 bits per heavy atom. The van der Waals surface area contributed by atoms with Gasteiger partial charge in [-0.25, -0.2) is 0 Å². The van der Waals surface area contributed by atoms with Crippen LogP contribution in [0.1, 0.15) is 44.5 Å². The molecular formula is C44H24N2. The first-order valence-corrected chi connectivity index (χ1v) is 14.8. The average molecular weight is 581 g/mol. The molecule has 210 valence electrons. The van der Waals surface area contributed by atoms with Crippen LogP contribution in [0.25, 0.3) is 21.8 Å². The zero-order valence-electron chi connectivity index (χ0n) is 24.8. The third kappa shape index (κ3) is 6.40. The van der Waals surface area contributed by atoms with Gasteiger partial charge in [-0.3, -0.25) is 9.97 Å². The predicted molar refractivity (Wildman–Crippen MR) is 187 cm³/mol. The number of benzene rings is 5. The van der Waals surface area contributed by atoms with Gasteiger partial charge in [0.2, 0.25) is 0 Å². The molecule has 0 radical (unpaired) electrons. The molecule has 0 saturated heterocycles. The van der Waals surface area contributed by atoms with Gasteiger partial charge >= 0.3 is 0 Å². The fourth-order valence-corrected chi connectivity index (χ4v) is 5.00. The molecule has 0 aliphatic rings. The lowest BCUT2D eigenvalue weighted by Gasteiger charge is -2.10. The van der Waals surface area contributed by atoms with Gasteiger partial charge in [0.05, 0.1) is 22.2 Å². The molecule has 2 heteroatoms. The lowest BCUT2D eigenvalue weighted by molar-refractivity contribution is 1.35. The van der Waals surface area contributed by atoms with E-state index in [1.807, 2.05) is 133 Å². The summed E-state index contributed by atoms with van der Waals surface area (Å²) in [6, 6.07) is 43.8. The molecule has 0 atom stereocenters. The standard InChI is InChI=1S/C44H24N2/c1-5-13-33(14-6-1)21-23-37-29-41-39(27-25-35-17-9-3-10-18-35)40(28-26-36-19-11-4-12-20-36)42-30-38(24-22-34-15-7-2-8-16-34)32-46-44(42)43(41)45-31-37/h1-20,29-32H. The Kier molecular flexibility index (Phi) is 8.03. The average Bonchev–Trinajstić information content (AvgIpc) is 3.13. The topological polar surface area (TPSA) is 25.8 Å². The van der Waals surface area contributed by atoms with Crippen molar-refractivity contribution in [3.05, 3.63) is 190 Å². The van der Waals surface area contributed by atoms with Crippen LogP contribution in [0.3, 0.4) is 0 Å². The van der Waals surface area contributed by atoms with Crippen LogP contribution in [0.15, 0.2) is 146 Å². The molecule has 0 fully saturated rings. The second-order valence-electron chi connectivity index (χ2n) is 10.5. The molecule has 46 heavy (non-hydrogen) atoms. The molecule has 7 aromatic rings. The Morgan fingerprint density at radius 3 is 0.913 bits per heavy atom. The summed E-state index contributed by atoms with van der Waals surface area (Å²) >= 11 is 0. The van der Waals surface area contributed by atoms with E-state index in [0.29, 0.717) is 0 Å². The maximum atomic E-state index is 4.90. The fraction of sp³-hybridized carbons (Fsp3) is 0. The zero-order chi connectivity index (χ0) is 31.0. The fourth-order valence-electron chi connectivity index (χ4n) is 5.00. The van der Waals surface area contributed by atoms with Gasteiger partial charge in [0.1, 0.15) is 0 Å². The van der Waals surface area contributed by atoms with E-state index in [2.05, 4.69) is 47.4 Å². The van der Waals surface area contributed by atoms with Gasteiger partial charge in [0.25, 0.3) is 0 Å². The molecule has 2 aromatic heterocycles. The lowest BCUT2D eigenvalue weighted by Crippen LogP contribution is -1.97. The second-order valence-corrected chi connectivity index (χ2v) is 10.5. The molecule has 0 amide bonds. The number of rotatable bonds is 0. The van der Waals surface area contributed by atoms with E-state index in [1.165, 1.54) is 0 Å². The highest BCUT2D eigenvalue weighted by molar-refractivity contribution is 6.09. The summed E-state index contributed by atoms with van der Waals surface area (Å²) in [6.45, 7) is 0. The Hall–Kier alpha value is -6.84. The van der Waals surface area contributed by atoms with Crippen molar-refractivity contribution < 1.29 is 0 Å². The second kappa shape index (κ2) is 13.2. The molecule has 0 unspecified atom stereocenters. The Balaban J connectivity index is 1.50. The van der Waals surface area contributed by atoms with Gasteiger partial charge in [-0.15, -0.1) is 0 Å². The van der Waals surface area contributed by atoms with Crippen molar-refractivity contribution in [2.75, 3.05) is 0 Å². The van der Waals surface area contributed by atoms with E-state index in [9.17, 15) is 0 Å².